The van der Waals surface area contributed by atoms with E-state index < -0.39 is 33.6 Å². The quantitative estimate of drug-likeness (QED) is 0.450. The molecule has 7 nitrogen and oxygen atoms in total. The Balaban J connectivity index is 2.22. The predicted molar refractivity (Wildman–Crippen MR) is 133 cm³/mol. The number of carbonyl (C=O) groups excluding carboxylic acids is 2. The zero-order valence-corrected chi connectivity index (χ0v) is 21.9. The number of benzene rings is 2. The van der Waals surface area contributed by atoms with Crippen molar-refractivity contribution in [1.82, 2.24) is 10.2 Å². The first kappa shape index (κ1) is 28.8. The van der Waals surface area contributed by atoms with E-state index in [4.69, 9.17) is 23.2 Å². The summed E-state index contributed by atoms with van der Waals surface area (Å²) in [5.41, 5.74) is 0.411. The van der Waals surface area contributed by atoms with Gasteiger partial charge < -0.3 is 10.2 Å². The molecule has 0 fully saturated rings. The van der Waals surface area contributed by atoms with Crippen LogP contribution in [-0.4, -0.2) is 50.5 Å². The van der Waals surface area contributed by atoms with E-state index in [0.29, 0.717) is 22.2 Å². The van der Waals surface area contributed by atoms with Crippen molar-refractivity contribution < 1.29 is 26.8 Å². The number of rotatable bonds is 11. The summed E-state index contributed by atoms with van der Waals surface area (Å²) in [6.07, 6.45) is 0.861. The fourth-order valence-electron chi connectivity index (χ4n) is 3.40. The number of sulfonamides is 1. The number of halogens is 4. The van der Waals surface area contributed by atoms with Crippen LogP contribution in [0.1, 0.15) is 32.3 Å². The van der Waals surface area contributed by atoms with Crippen LogP contribution in [-0.2, 0) is 26.2 Å². The fraction of sp³-hybridized carbons (Fsp3) is 0.391. The minimum absolute atomic E-state index is 0.0331. The average molecular weight is 550 g/mol. The predicted octanol–water partition coefficient (Wildman–Crippen LogP) is 4.37. The van der Waals surface area contributed by atoms with Crippen LogP contribution in [0.5, 0.6) is 0 Å². The van der Waals surface area contributed by atoms with Gasteiger partial charge in [0.15, 0.2) is 11.6 Å². The third-order valence-electron chi connectivity index (χ3n) is 5.25. The van der Waals surface area contributed by atoms with Gasteiger partial charge in [0.2, 0.25) is 21.8 Å². The topological polar surface area (TPSA) is 86.8 Å². The number of hydrogen-bond donors (Lipinski definition) is 1. The standard InChI is InChI=1S/C23H27Cl2F2N3O4S/c1-4-28-23(32)15(2)29(14-17-18(24)7-5-8-19(17)25)22(31)9-6-12-30(35(3,33)34)16-10-11-20(26)21(27)13-16/h5,7-8,10-11,13,15H,4,6,9,12,14H2,1-3H3,(H,28,32)/t15-/m1/s1. The Labute approximate surface area is 214 Å². The minimum Gasteiger partial charge on any atom is -0.355 e. The van der Waals surface area contributed by atoms with Gasteiger partial charge in [0, 0.05) is 47.7 Å². The molecule has 1 atom stereocenters. The van der Waals surface area contributed by atoms with Crippen LogP contribution in [0.25, 0.3) is 0 Å². The zero-order chi connectivity index (χ0) is 26.3. The first-order chi connectivity index (χ1) is 16.4. The van der Waals surface area contributed by atoms with E-state index in [9.17, 15) is 26.8 Å². The van der Waals surface area contributed by atoms with Gasteiger partial charge in [0.05, 0.1) is 11.9 Å². The fourth-order valence-corrected chi connectivity index (χ4v) is 4.88. The molecule has 0 spiro atoms. The third kappa shape index (κ3) is 7.78. The van der Waals surface area contributed by atoms with Gasteiger partial charge in [-0.3, -0.25) is 13.9 Å². The van der Waals surface area contributed by atoms with Crippen molar-refractivity contribution in [2.45, 2.75) is 39.3 Å². The molecule has 2 amide bonds. The molecule has 1 N–H and O–H groups in total. The monoisotopic (exact) mass is 549 g/mol. The van der Waals surface area contributed by atoms with Crippen molar-refractivity contribution in [3.05, 3.63) is 63.6 Å². The number of amides is 2. The Bertz CT molecular complexity index is 1160. The van der Waals surface area contributed by atoms with Crippen molar-refractivity contribution in [2.75, 3.05) is 23.7 Å². The van der Waals surface area contributed by atoms with Gasteiger partial charge in [-0.25, -0.2) is 17.2 Å². The molecule has 0 saturated heterocycles. The molecule has 0 saturated carbocycles. The van der Waals surface area contributed by atoms with E-state index in [1.807, 2.05) is 0 Å². The normalized spacial score (nSPS) is 12.2. The highest BCUT2D eigenvalue weighted by Crippen LogP contribution is 2.27. The minimum atomic E-state index is -3.84. The molecular weight excluding hydrogens is 523 g/mol. The summed E-state index contributed by atoms with van der Waals surface area (Å²) in [5.74, 6) is -3.10. The summed E-state index contributed by atoms with van der Waals surface area (Å²) in [6.45, 7) is 3.49. The molecule has 0 bridgehead atoms. The van der Waals surface area contributed by atoms with Gasteiger partial charge in [-0.15, -0.1) is 0 Å². The van der Waals surface area contributed by atoms with Crippen LogP contribution in [0.4, 0.5) is 14.5 Å². The van der Waals surface area contributed by atoms with Crippen LogP contribution >= 0.6 is 23.2 Å². The van der Waals surface area contributed by atoms with Gasteiger partial charge in [-0.05, 0) is 44.5 Å². The number of carbonyl (C=O) groups is 2. The molecule has 2 aromatic rings. The lowest BCUT2D eigenvalue weighted by atomic mass is 10.1. The molecule has 192 valence electrons. The summed E-state index contributed by atoms with van der Waals surface area (Å²) in [4.78, 5) is 27.0. The van der Waals surface area contributed by atoms with Crippen molar-refractivity contribution in [1.29, 1.82) is 0 Å². The summed E-state index contributed by atoms with van der Waals surface area (Å²) in [5, 5.41) is 3.34. The summed E-state index contributed by atoms with van der Waals surface area (Å²) >= 11 is 12.5. The lowest BCUT2D eigenvalue weighted by Crippen LogP contribution is -2.47. The first-order valence-corrected chi connectivity index (χ1v) is 13.4. The SMILES string of the molecule is CCNC(=O)[C@@H](C)N(Cc1c(Cl)cccc1Cl)C(=O)CCCN(c1ccc(F)c(F)c1)S(C)(=O)=O. The number of nitrogens with zero attached hydrogens (tertiary/aromatic N) is 2. The maximum absolute atomic E-state index is 13.7. The Morgan fingerprint density at radius 2 is 1.71 bits per heavy atom. The number of likely N-dealkylation sites (N-methyl/N-ethyl adjacent to an activating group) is 1. The largest absolute Gasteiger partial charge is 0.355 e. The Morgan fingerprint density at radius 3 is 2.26 bits per heavy atom. The molecule has 0 aromatic heterocycles. The maximum Gasteiger partial charge on any atom is 0.242 e. The molecule has 12 heteroatoms. The van der Waals surface area contributed by atoms with Gasteiger partial charge >= 0.3 is 0 Å². The zero-order valence-electron chi connectivity index (χ0n) is 19.5. The van der Waals surface area contributed by atoms with Crippen LogP contribution in [0.3, 0.4) is 0 Å². The molecule has 0 heterocycles. The summed E-state index contributed by atoms with van der Waals surface area (Å²) in [6, 6.07) is 6.79. The van der Waals surface area contributed by atoms with Gasteiger partial charge in [-0.1, -0.05) is 29.3 Å². The van der Waals surface area contributed by atoms with E-state index in [-0.39, 0.29) is 37.5 Å². The summed E-state index contributed by atoms with van der Waals surface area (Å²) in [7, 11) is -3.84. The van der Waals surface area contributed by atoms with E-state index in [0.717, 1.165) is 28.8 Å². The first-order valence-electron chi connectivity index (χ1n) is 10.8. The van der Waals surface area contributed by atoms with E-state index >= 15 is 0 Å². The van der Waals surface area contributed by atoms with Crippen LogP contribution in [0.2, 0.25) is 10.0 Å². The van der Waals surface area contributed by atoms with E-state index in [2.05, 4.69) is 5.32 Å². The molecule has 0 radical (unpaired) electrons. The molecule has 2 aromatic carbocycles. The Hall–Kier alpha value is -2.43. The second kappa shape index (κ2) is 12.5. The van der Waals surface area contributed by atoms with Crippen LogP contribution < -0.4 is 9.62 Å². The van der Waals surface area contributed by atoms with E-state index in [1.165, 1.54) is 4.90 Å². The molecule has 0 aliphatic carbocycles. The molecule has 0 aliphatic heterocycles. The Morgan fingerprint density at radius 1 is 1.09 bits per heavy atom. The number of anilines is 1. The summed E-state index contributed by atoms with van der Waals surface area (Å²) < 4.78 is 52.4. The smallest absolute Gasteiger partial charge is 0.242 e. The highest BCUT2D eigenvalue weighted by Gasteiger charge is 2.27. The Kier molecular flexibility index (Phi) is 10.3. The average Bonchev–Trinajstić information content (AvgIpc) is 2.77. The highest BCUT2D eigenvalue weighted by atomic mass is 35.5. The molecular formula is C23H27Cl2F2N3O4S. The lowest BCUT2D eigenvalue weighted by molar-refractivity contribution is -0.140. The van der Waals surface area contributed by atoms with Gasteiger partial charge in [0.25, 0.3) is 0 Å². The van der Waals surface area contributed by atoms with Crippen LogP contribution in [0, 0.1) is 11.6 Å². The van der Waals surface area contributed by atoms with Gasteiger partial charge in [0.1, 0.15) is 6.04 Å². The van der Waals surface area contributed by atoms with Crippen LogP contribution in [0.15, 0.2) is 36.4 Å². The highest BCUT2D eigenvalue weighted by molar-refractivity contribution is 7.92. The van der Waals surface area contributed by atoms with E-state index in [1.54, 1.807) is 32.0 Å². The molecule has 35 heavy (non-hydrogen) atoms. The van der Waals surface area contributed by atoms with Crippen molar-refractivity contribution in [3.63, 3.8) is 0 Å². The maximum atomic E-state index is 13.7. The number of hydrogen-bond acceptors (Lipinski definition) is 4. The second-order valence-electron chi connectivity index (χ2n) is 7.83. The number of nitrogens with one attached hydrogen (secondary N) is 1. The lowest BCUT2D eigenvalue weighted by Gasteiger charge is -2.30. The van der Waals surface area contributed by atoms with Crippen molar-refractivity contribution in [3.8, 4) is 0 Å². The van der Waals surface area contributed by atoms with Crippen molar-refractivity contribution in [2.24, 2.45) is 0 Å². The molecule has 2 rings (SSSR count). The molecule has 0 aliphatic rings. The third-order valence-corrected chi connectivity index (χ3v) is 7.15. The molecule has 0 unspecified atom stereocenters. The van der Waals surface area contributed by atoms with Gasteiger partial charge in [-0.2, -0.15) is 0 Å². The second-order valence-corrected chi connectivity index (χ2v) is 10.6. The van der Waals surface area contributed by atoms with Crippen molar-refractivity contribution >= 4 is 50.7 Å².